The van der Waals surface area contributed by atoms with Crippen molar-refractivity contribution in [1.82, 2.24) is 0 Å². The number of carbonyl (C=O) groups is 3. The minimum atomic E-state index is -3.02. The molecule has 0 heterocycles. The van der Waals surface area contributed by atoms with Crippen LogP contribution in [0.1, 0.15) is 214 Å². The quantitative estimate of drug-likeness (QED) is 0.0257. The first kappa shape index (κ1) is 53.3. The number of ether oxygens (including phenoxy) is 3. The van der Waals surface area contributed by atoms with Gasteiger partial charge < -0.3 is 0 Å². The molecule has 0 N–H and O–H groups in total. The number of hydrogen-bond donors (Lipinski definition) is 0. The van der Waals surface area contributed by atoms with Crippen LogP contribution >= 0.6 is 26.8 Å². The summed E-state index contributed by atoms with van der Waals surface area (Å²) in [5, 5.41) is 0. The number of rotatable bonds is 42. The molecule has 0 bridgehead atoms. The van der Waals surface area contributed by atoms with Crippen molar-refractivity contribution < 1.29 is 28.6 Å². The molecule has 0 aromatic rings. The van der Waals surface area contributed by atoms with E-state index in [1.54, 1.807) is 0 Å². The Morgan fingerprint density at radius 1 is 0.358 bits per heavy atom. The fraction of sp³-hybridized carbons (Fsp3) is 0.930. The molecule has 6 nitrogen and oxygen atoms in total. The van der Waals surface area contributed by atoms with Gasteiger partial charge >= 0.3 is 284 Å². The summed E-state index contributed by atoms with van der Waals surface area (Å²) >= 11 is -3.02. The van der Waals surface area contributed by atoms with E-state index in [-0.39, 0.29) is 17.9 Å². The monoisotopic (exact) mass is 912 g/mol. The normalized spacial score (nSPS) is 11.5. The van der Waals surface area contributed by atoms with E-state index < -0.39 is 14.2 Å². The molecule has 0 aliphatic heterocycles. The average Bonchev–Trinajstić information content (AvgIpc) is 3.15. The Labute approximate surface area is 340 Å². The van der Waals surface area contributed by atoms with E-state index in [0.29, 0.717) is 39.1 Å². The molecule has 0 aromatic carbocycles. The molecule has 0 unspecified atom stereocenters. The smallest absolute Gasteiger partial charge is 0.0654 e. The molecule has 0 atom stereocenters. The molecule has 0 aliphatic rings. The van der Waals surface area contributed by atoms with Gasteiger partial charge in [0.1, 0.15) is 0 Å². The maximum atomic E-state index is 12.7. The van der Waals surface area contributed by atoms with Crippen molar-refractivity contribution in [3.05, 3.63) is 0 Å². The van der Waals surface area contributed by atoms with Gasteiger partial charge in [-0.25, -0.2) is 0 Å². The molecule has 0 amide bonds. The van der Waals surface area contributed by atoms with Crippen molar-refractivity contribution in [3.63, 3.8) is 0 Å². The summed E-state index contributed by atoms with van der Waals surface area (Å²) < 4.78 is 18.0. The van der Waals surface area contributed by atoms with Gasteiger partial charge in [-0.2, -0.15) is 0 Å². The van der Waals surface area contributed by atoms with Gasteiger partial charge in [0.25, 0.3) is 0 Å². The second-order valence-electron chi connectivity index (χ2n) is 14.7. The molecule has 53 heavy (non-hydrogen) atoms. The summed E-state index contributed by atoms with van der Waals surface area (Å²) in [6.07, 6.45) is 33.0. The van der Waals surface area contributed by atoms with E-state index in [1.807, 2.05) is 26.8 Å². The number of esters is 3. The molecule has 0 aliphatic carbocycles. The van der Waals surface area contributed by atoms with Crippen LogP contribution in [-0.2, 0) is 28.6 Å². The Bertz CT molecular complexity index is 736. The molecule has 0 radical (unpaired) electrons. The number of carbonyl (C=O) groups excluding carboxylic acids is 3. The molecule has 0 saturated heterocycles. The van der Waals surface area contributed by atoms with Crippen LogP contribution in [0.15, 0.2) is 0 Å². The van der Waals surface area contributed by atoms with E-state index in [1.165, 1.54) is 116 Å². The molecule has 0 fully saturated rings. The van der Waals surface area contributed by atoms with Crippen LogP contribution in [0.3, 0.4) is 0 Å². The Hall–Kier alpha value is 0.259. The second-order valence-corrected chi connectivity index (χ2v) is 48.7. The van der Waals surface area contributed by atoms with Gasteiger partial charge in [0.05, 0.1) is 0 Å². The van der Waals surface area contributed by atoms with Crippen molar-refractivity contribution >= 4 is 59.0 Å². The number of hydrogen-bond acceptors (Lipinski definition) is 9. The maximum absolute atomic E-state index is 12.7. The van der Waals surface area contributed by atoms with Gasteiger partial charge in [0.2, 0.25) is 0 Å². The fourth-order valence-electron chi connectivity index (χ4n) is 6.09. The molecule has 0 saturated carbocycles. The third-order valence-electron chi connectivity index (χ3n) is 9.50. The van der Waals surface area contributed by atoms with Gasteiger partial charge in [-0.05, 0) is 0 Å². The van der Waals surface area contributed by atoms with Gasteiger partial charge in [0.15, 0.2) is 0 Å². The molecule has 0 spiro atoms. The van der Waals surface area contributed by atoms with Crippen LogP contribution in [0.4, 0.5) is 0 Å². The predicted molar refractivity (Wildman–Crippen MR) is 237 cm³/mol. The molecular weight excluding hydrogens is 827 g/mol. The SMILES string of the molecule is CCCCCCCCCCOC(=O)CC[S][Sn]([CH2]CCC)([S]CCC(=O)OCCCCCCCCCC)[S]CCC(=O)OCCCCCCCCCC. The van der Waals surface area contributed by atoms with Gasteiger partial charge in [-0.1, -0.05) is 59.3 Å². The molecule has 0 aromatic heterocycles. The zero-order valence-electron chi connectivity index (χ0n) is 35.1. The standard InChI is InChI=1S/3C13H26O2S.C4H9.Sn/c3*1-2-3-4-5-6-7-8-9-11-15-13(14)10-12-16;1-3-4-2;/h3*16H,2-12H2,1H3;1,3-4H2,2H3;/q;;;;+3/p-3. The van der Waals surface area contributed by atoms with Crippen LogP contribution in [0.5, 0.6) is 0 Å². The van der Waals surface area contributed by atoms with E-state index in [9.17, 15) is 14.4 Å². The minimum absolute atomic E-state index is 0.0970. The molecule has 0 rings (SSSR count). The minimum Gasteiger partial charge on any atom is -0.0654 e. The van der Waals surface area contributed by atoms with Crippen LogP contribution in [0.25, 0.3) is 0 Å². The summed E-state index contributed by atoms with van der Waals surface area (Å²) in [5.74, 6) is 1.96. The molecule has 314 valence electrons. The summed E-state index contributed by atoms with van der Waals surface area (Å²) in [6, 6.07) is 0. The van der Waals surface area contributed by atoms with Crippen molar-refractivity contribution in [2.45, 2.75) is 218 Å². The molecule has 10 heteroatoms. The Kier molecular flexibility index (Phi) is 42.1. The first-order valence-electron chi connectivity index (χ1n) is 22.3. The first-order chi connectivity index (χ1) is 25.9. The van der Waals surface area contributed by atoms with Gasteiger partial charge in [-0.3, -0.25) is 0 Å². The van der Waals surface area contributed by atoms with Crippen LogP contribution in [0.2, 0.25) is 4.44 Å². The van der Waals surface area contributed by atoms with Crippen molar-refractivity contribution in [2.75, 3.05) is 37.1 Å². The van der Waals surface area contributed by atoms with Crippen molar-refractivity contribution in [2.24, 2.45) is 0 Å². The fourth-order valence-corrected chi connectivity index (χ4v) is 45.2. The Morgan fingerprint density at radius 3 is 0.868 bits per heavy atom. The average molecular weight is 912 g/mol. The summed E-state index contributed by atoms with van der Waals surface area (Å²) in [6.45, 7) is 10.5. The zero-order valence-corrected chi connectivity index (χ0v) is 40.4. The van der Waals surface area contributed by atoms with E-state index in [0.717, 1.165) is 73.1 Å². The predicted octanol–water partition coefficient (Wildman–Crippen LogP) is 14.1. The van der Waals surface area contributed by atoms with E-state index >= 15 is 0 Å². The number of unbranched alkanes of at least 4 members (excludes halogenated alkanes) is 22. The third kappa shape index (κ3) is 37.6. The van der Waals surface area contributed by atoms with Crippen LogP contribution < -0.4 is 0 Å². The summed E-state index contributed by atoms with van der Waals surface area (Å²) in [7, 11) is 5.99. The molecular formula is C43H84O6S3Sn. The van der Waals surface area contributed by atoms with Crippen molar-refractivity contribution in [3.8, 4) is 0 Å². The van der Waals surface area contributed by atoms with Crippen LogP contribution in [0, 0.1) is 0 Å². The third-order valence-corrected chi connectivity index (χ3v) is 49.7. The summed E-state index contributed by atoms with van der Waals surface area (Å²) in [4.78, 5) is 38.0. The van der Waals surface area contributed by atoms with Crippen LogP contribution in [-0.4, -0.2) is 69.2 Å². The zero-order chi connectivity index (χ0) is 38.9. The van der Waals surface area contributed by atoms with E-state index in [4.69, 9.17) is 14.2 Å². The topological polar surface area (TPSA) is 78.9 Å². The van der Waals surface area contributed by atoms with Gasteiger partial charge in [-0.15, -0.1) is 0 Å². The Balaban J connectivity index is 4.82. The van der Waals surface area contributed by atoms with Gasteiger partial charge in [0, 0.05) is 0 Å². The van der Waals surface area contributed by atoms with Crippen molar-refractivity contribution in [1.29, 1.82) is 0 Å². The summed E-state index contributed by atoms with van der Waals surface area (Å²) in [5.41, 5.74) is 0. The second kappa shape index (κ2) is 41.9. The Morgan fingerprint density at radius 2 is 0.604 bits per heavy atom. The first-order valence-corrected chi connectivity index (χ1v) is 37.8. The van der Waals surface area contributed by atoms with E-state index in [2.05, 4.69) is 27.7 Å².